The molecule has 1 atom stereocenters. The number of benzene rings is 1. The number of amides is 2. The van der Waals surface area contributed by atoms with Crippen molar-refractivity contribution < 1.29 is 9.59 Å². The lowest BCUT2D eigenvalue weighted by Crippen LogP contribution is -2.28. The van der Waals surface area contributed by atoms with Crippen molar-refractivity contribution in [3.63, 3.8) is 0 Å². The van der Waals surface area contributed by atoms with Gasteiger partial charge in [-0.2, -0.15) is 0 Å². The highest BCUT2D eigenvalue weighted by atomic mass is 32.1. The molecule has 32 heavy (non-hydrogen) atoms. The first-order valence-corrected chi connectivity index (χ1v) is 11.6. The summed E-state index contributed by atoms with van der Waals surface area (Å²) >= 11 is 1.51. The average Bonchev–Trinajstić information content (AvgIpc) is 3.57. The van der Waals surface area contributed by atoms with Crippen LogP contribution >= 0.6 is 11.3 Å². The highest BCUT2D eigenvalue weighted by molar-refractivity contribution is 7.12. The van der Waals surface area contributed by atoms with Gasteiger partial charge in [0.1, 0.15) is 5.65 Å². The number of hydrogen-bond acceptors (Lipinski definition) is 4. The van der Waals surface area contributed by atoms with Crippen LogP contribution in [0.3, 0.4) is 0 Å². The Bertz CT molecular complexity index is 1270. The second-order valence-corrected chi connectivity index (χ2v) is 9.12. The van der Waals surface area contributed by atoms with E-state index in [1.54, 1.807) is 6.20 Å². The summed E-state index contributed by atoms with van der Waals surface area (Å²) in [6.45, 7) is 3.92. The monoisotopic (exact) mass is 444 g/mol. The summed E-state index contributed by atoms with van der Waals surface area (Å²) in [5.41, 5.74) is 4.72. The van der Waals surface area contributed by atoms with Crippen molar-refractivity contribution in [3.8, 4) is 0 Å². The van der Waals surface area contributed by atoms with Gasteiger partial charge in [-0.1, -0.05) is 12.1 Å². The Labute approximate surface area is 190 Å². The molecule has 4 aromatic rings. The van der Waals surface area contributed by atoms with Crippen LogP contribution in [-0.4, -0.2) is 39.2 Å². The number of thiophene rings is 1. The van der Waals surface area contributed by atoms with E-state index in [0.717, 1.165) is 41.2 Å². The van der Waals surface area contributed by atoms with Crippen LogP contribution in [0.4, 0.5) is 0 Å². The average molecular weight is 445 g/mol. The summed E-state index contributed by atoms with van der Waals surface area (Å²) < 4.78 is 1.93. The Hall–Kier alpha value is -3.45. The van der Waals surface area contributed by atoms with Gasteiger partial charge in [-0.05, 0) is 65.7 Å². The van der Waals surface area contributed by atoms with E-state index in [1.165, 1.54) is 16.9 Å². The van der Waals surface area contributed by atoms with E-state index in [1.807, 2.05) is 76.5 Å². The fourth-order valence-corrected chi connectivity index (χ4v) is 5.10. The van der Waals surface area contributed by atoms with Crippen LogP contribution in [0.25, 0.3) is 5.65 Å². The number of aromatic nitrogens is 2. The molecule has 6 nitrogen and oxygen atoms in total. The molecule has 5 rings (SSSR count). The van der Waals surface area contributed by atoms with Crippen molar-refractivity contribution >= 4 is 28.8 Å². The van der Waals surface area contributed by atoms with E-state index >= 15 is 0 Å². The van der Waals surface area contributed by atoms with Crippen molar-refractivity contribution in [2.24, 2.45) is 0 Å². The smallest absolute Gasteiger partial charge is 0.264 e. The van der Waals surface area contributed by atoms with Crippen LogP contribution in [0, 0.1) is 6.92 Å². The van der Waals surface area contributed by atoms with E-state index in [4.69, 9.17) is 0 Å². The first-order chi connectivity index (χ1) is 15.6. The summed E-state index contributed by atoms with van der Waals surface area (Å²) in [5.74, 6) is 0.332. The summed E-state index contributed by atoms with van der Waals surface area (Å²) in [6, 6.07) is 13.7. The topological polar surface area (TPSA) is 66.7 Å². The number of carbonyl (C=O) groups is 2. The van der Waals surface area contributed by atoms with Gasteiger partial charge in [0.25, 0.3) is 11.8 Å². The summed E-state index contributed by atoms with van der Waals surface area (Å²) in [7, 11) is 0. The molecule has 1 aromatic carbocycles. The molecule has 4 heterocycles. The largest absolute Gasteiger partial charge is 0.348 e. The van der Waals surface area contributed by atoms with Gasteiger partial charge in [-0.25, -0.2) is 4.98 Å². The molecule has 1 N–H and O–H groups in total. The maximum Gasteiger partial charge on any atom is 0.264 e. The minimum Gasteiger partial charge on any atom is -0.348 e. The SMILES string of the molecule is Cc1ccsc1C(=O)N1CCC(c2ccc(C(=O)NCc3ccn4ccnc4c3)cc2)C1. The molecule has 0 radical (unpaired) electrons. The predicted molar refractivity (Wildman–Crippen MR) is 125 cm³/mol. The quantitative estimate of drug-likeness (QED) is 0.500. The first-order valence-electron chi connectivity index (χ1n) is 10.7. The number of rotatable bonds is 5. The molecule has 162 valence electrons. The molecule has 2 amide bonds. The summed E-state index contributed by atoms with van der Waals surface area (Å²) in [5, 5.41) is 4.94. The Morgan fingerprint density at radius 1 is 1.16 bits per heavy atom. The zero-order valence-electron chi connectivity index (χ0n) is 17.8. The molecule has 1 unspecified atom stereocenters. The predicted octanol–water partition coefficient (Wildman–Crippen LogP) is 4.26. The zero-order valence-corrected chi connectivity index (χ0v) is 18.6. The molecule has 0 bridgehead atoms. The molecule has 1 aliphatic rings. The van der Waals surface area contributed by atoms with Crippen LogP contribution < -0.4 is 5.32 Å². The van der Waals surface area contributed by atoms with Gasteiger partial charge in [0, 0.05) is 49.7 Å². The lowest BCUT2D eigenvalue weighted by molar-refractivity contribution is 0.0794. The molecule has 0 saturated carbocycles. The van der Waals surface area contributed by atoms with E-state index in [-0.39, 0.29) is 11.8 Å². The number of likely N-dealkylation sites (tertiary alicyclic amines) is 1. The molecular weight excluding hydrogens is 420 g/mol. The van der Waals surface area contributed by atoms with Gasteiger partial charge in [-0.3, -0.25) is 9.59 Å². The molecular formula is C25H24N4O2S. The lowest BCUT2D eigenvalue weighted by Gasteiger charge is -2.16. The first kappa shape index (κ1) is 20.5. The number of hydrogen-bond donors (Lipinski definition) is 1. The van der Waals surface area contributed by atoms with Gasteiger partial charge in [0.15, 0.2) is 0 Å². The van der Waals surface area contributed by atoms with Crippen LogP contribution in [0.15, 0.2) is 66.4 Å². The Morgan fingerprint density at radius 3 is 2.78 bits per heavy atom. The standard InChI is InChI=1S/C25H24N4O2S/c1-17-8-13-32-23(17)25(31)29-11-7-21(16-29)19-2-4-20(5-3-19)24(30)27-15-18-6-10-28-12-9-26-22(28)14-18/h2-6,8-10,12-14,21H,7,11,15-16H2,1H3,(H,27,30). The molecule has 1 aliphatic heterocycles. The normalized spacial score (nSPS) is 15.9. The third kappa shape index (κ3) is 4.03. The highest BCUT2D eigenvalue weighted by Crippen LogP contribution is 2.29. The van der Waals surface area contributed by atoms with Gasteiger partial charge in [0.2, 0.25) is 0 Å². The maximum absolute atomic E-state index is 12.8. The highest BCUT2D eigenvalue weighted by Gasteiger charge is 2.29. The number of aryl methyl sites for hydroxylation is 1. The lowest BCUT2D eigenvalue weighted by atomic mass is 9.97. The van der Waals surface area contributed by atoms with Crippen molar-refractivity contribution in [2.45, 2.75) is 25.8 Å². The Balaban J connectivity index is 1.19. The van der Waals surface area contributed by atoms with Crippen LogP contribution in [0.5, 0.6) is 0 Å². The fraction of sp³-hybridized carbons (Fsp3) is 0.240. The molecule has 7 heteroatoms. The van der Waals surface area contributed by atoms with Crippen molar-refractivity contribution in [1.82, 2.24) is 19.6 Å². The van der Waals surface area contributed by atoms with Crippen molar-refractivity contribution in [1.29, 1.82) is 0 Å². The minimum absolute atomic E-state index is 0.101. The zero-order chi connectivity index (χ0) is 22.1. The van der Waals surface area contributed by atoms with E-state index in [0.29, 0.717) is 18.0 Å². The number of imidazole rings is 1. The van der Waals surface area contributed by atoms with E-state index in [2.05, 4.69) is 10.3 Å². The second kappa shape index (κ2) is 8.59. The van der Waals surface area contributed by atoms with E-state index < -0.39 is 0 Å². The molecule has 0 aliphatic carbocycles. The third-order valence-electron chi connectivity index (χ3n) is 6.09. The number of nitrogens with one attached hydrogen (secondary N) is 1. The summed E-state index contributed by atoms with van der Waals surface area (Å²) in [4.78, 5) is 32.4. The minimum atomic E-state index is -0.101. The number of nitrogens with zero attached hydrogens (tertiary/aromatic N) is 3. The van der Waals surface area contributed by atoms with Crippen molar-refractivity contribution in [2.75, 3.05) is 13.1 Å². The number of fused-ring (bicyclic) bond motifs is 1. The van der Waals surface area contributed by atoms with Gasteiger partial charge in [-0.15, -0.1) is 11.3 Å². The number of carbonyl (C=O) groups excluding carboxylic acids is 2. The third-order valence-corrected chi connectivity index (χ3v) is 7.10. The number of pyridine rings is 1. The Kier molecular flexibility index (Phi) is 5.49. The van der Waals surface area contributed by atoms with Crippen molar-refractivity contribution in [3.05, 3.63) is 93.6 Å². The van der Waals surface area contributed by atoms with Crippen LogP contribution in [-0.2, 0) is 6.54 Å². The maximum atomic E-state index is 12.8. The second-order valence-electron chi connectivity index (χ2n) is 8.20. The summed E-state index contributed by atoms with van der Waals surface area (Å²) in [6.07, 6.45) is 6.52. The van der Waals surface area contributed by atoms with Gasteiger partial charge >= 0.3 is 0 Å². The van der Waals surface area contributed by atoms with Gasteiger partial charge in [0.05, 0.1) is 4.88 Å². The van der Waals surface area contributed by atoms with Crippen LogP contribution in [0.1, 0.15) is 49.1 Å². The Morgan fingerprint density at radius 2 is 2.00 bits per heavy atom. The molecule has 1 saturated heterocycles. The molecule has 1 fully saturated rings. The molecule has 0 spiro atoms. The van der Waals surface area contributed by atoms with Crippen LogP contribution in [0.2, 0.25) is 0 Å². The van der Waals surface area contributed by atoms with E-state index in [9.17, 15) is 9.59 Å². The fourth-order valence-electron chi connectivity index (χ4n) is 4.21. The van der Waals surface area contributed by atoms with Gasteiger partial charge < -0.3 is 14.6 Å². The molecule has 3 aromatic heterocycles.